The average molecular weight is 519 g/mol. The molecule has 2 fully saturated rings. The van der Waals surface area contributed by atoms with Crippen LogP contribution < -0.4 is 15.8 Å². The molecule has 0 unspecified atom stereocenters. The Morgan fingerprint density at radius 3 is 2.36 bits per heavy atom. The number of carbonyl (C=O) groups is 2. The second-order valence-corrected chi connectivity index (χ2v) is 11.3. The molecule has 2 amide bonds. The number of hydrogen-bond acceptors (Lipinski definition) is 5. The van der Waals surface area contributed by atoms with E-state index in [1.165, 1.54) is 4.90 Å². The van der Waals surface area contributed by atoms with Gasteiger partial charge in [0.2, 0.25) is 11.8 Å². The largest absolute Gasteiger partial charge is 0.297 e. The van der Waals surface area contributed by atoms with Crippen LogP contribution in [0.25, 0.3) is 16.6 Å². The summed E-state index contributed by atoms with van der Waals surface area (Å²) in [5.74, 6) is -0.952. The molecule has 4 heterocycles. The van der Waals surface area contributed by atoms with Gasteiger partial charge < -0.3 is 0 Å². The predicted octanol–water partition coefficient (Wildman–Crippen LogP) is 4.33. The number of rotatable bonds is 4. The fraction of sp³-hybridized carbons (Fsp3) is 0.312. The summed E-state index contributed by atoms with van der Waals surface area (Å²) >= 11 is 0. The van der Waals surface area contributed by atoms with Crippen LogP contribution in [0.2, 0.25) is 0 Å². The summed E-state index contributed by atoms with van der Waals surface area (Å²) in [6, 6.07) is 22.4. The van der Waals surface area contributed by atoms with Crippen LogP contribution in [0.3, 0.4) is 0 Å². The number of imide groups is 1. The maximum absolute atomic E-state index is 14.6. The molecule has 0 radical (unpaired) electrons. The van der Waals surface area contributed by atoms with Gasteiger partial charge in [-0.25, -0.2) is 9.88 Å². The van der Waals surface area contributed by atoms with Crippen LogP contribution in [0.5, 0.6) is 0 Å². The Morgan fingerprint density at radius 1 is 0.897 bits per heavy atom. The molecule has 7 nitrogen and oxygen atoms in total. The molecule has 3 aliphatic heterocycles. The minimum Gasteiger partial charge on any atom is -0.297 e. The van der Waals surface area contributed by atoms with Gasteiger partial charge in [0.1, 0.15) is 11.4 Å². The van der Waals surface area contributed by atoms with Crippen molar-refractivity contribution in [2.75, 3.05) is 4.90 Å². The molecule has 0 saturated carbocycles. The molecular weight excluding hydrogens is 488 g/mol. The van der Waals surface area contributed by atoms with Gasteiger partial charge in [0, 0.05) is 11.6 Å². The van der Waals surface area contributed by atoms with E-state index in [0.717, 1.165) is 11.1 Å². The SMILES string of the molecule is CCc1ccccc1N1C(=O)[C@H]2[C@@H](CC(C)C)N[C@@]3(c4ccccc4-n4c3nc3ccccc3c4=O)[C@H]2C1=O. The van der Waals surface area contributed by atoms with Gasteiger partial charge in [-0.1, -0.05) is 69.3 Å². The van der Waals surface area contributed by atoms with Crippen molar-refractivity contribution in [3.05, 3.63) is 100 Å². The molecule has 1 aromatic heterocycles. The molecular formula is C32H30N4O3. The zero-order valence-corrected chi connectivity index (χ0v) is 22.2. The van der Waals surface area contributed by atoms with Crippen molar-refractivity contribution in [3.8, 4) is 5.69 Å². The van der Waals surface area contributed by atoms with E-state index < -0.39 is 17.4 Å². The Morgan fingerprint density at radius 2 is 1.59 bits per heavy atom. The minimum absolute atomic E-state index is 0.171. The van der Waals surface area contributed by atoms with Gasteiger partial charge >= 0.3 is 0 Å². The van der Waals surface area contributed by atoms with Crippen LogP contribution in [0, 0.1) is 17.8 Å². The molecule has 39 heavy (non-hydrogen) atoms. The third-order valence-corrected chi connectivity index (χ3v) is 8.70. The second-order valence-electron chi connectivity index (χ2n) is 11.3. The Bertz CT molecular complexity index is 1740. The third-order valence-electron chi connectivity index (χ3n) is 8.70. The number of fused-ring (bicyclic) bond motifs is 8. The summed E-state index contributed by atoms with van der Waals surface area (Å²) in [4.78, 5) is 49.2. The molecule has 0 aliphatic carbocycles. The van der Waals surface area contributed by atoms with Gasteiger partial charge in [0.15, 0.2) is 0 Å². The number of nitrogens with zero attached hydrogens (tertiary/aromatic N) is 3. The lowest BCUT2D eigenvalue weighted by Crippen LogP contribution is -2.50. The molecule has 2 saturated heterocycles. The lowest BCUT2D eigenvalue weighted by molar-refractivity contribution is -0.123. The summed E-state index contributed by atoms with van der Waals surface area (Å²) in [7, 11) is 0. The van der Waals surface area contributed by atoms with Crippen molar-refractivity contribution < 1.29 is 9.59 Å². The van der Waals surface area contributed by atoms with E-state index in [2.05, 4.69) is 19.2 Å². The highest BCUT2D eigenvalue weighted by Gasteiger charge is 2.69. The van der Waals surface area contributed by atoms with E-state index in [-0.39, 0.29) is 23.4 Å². The number of aryl methyl sites for hydroxylation is 1. The Hall–Kier alpha value is -4.10. The van der Waals surface area contributed by atoms with Gasteiger partial charge in [-0.15, -0.1) is 0 Å². The third kappa shape index (κ3) is 3.08. The highest BCUT2D eigenvalue weighted by atomic mass is 16.2. The summed E-state index contributed by atoms with van der Waals surface area (Å²) in [6.45, 7) is 6.28. The molecule has 4 aromatic rings. The van der Waals surface area contributed by atoms with E-state index in [4.69, 9.17) is 4.98 Å². The molecule has 4 atom stereocenters. The number of amides is 2. The molecule has 7 rings (SSSR count). The van der Waals surface area contributed by atoms with Crippen LogP contribution in [-0.4, -0.2) is 27.4 Å². The Kier molecular flexibility index (Phi) is 5.19. The molecule has 3 aromatic carbocycles. The van der Waals surface area contributed by atoms with Crippen LogP contribution in [-0.2, 0) is 21.5 Å². The maximum atomic E-state index is 14.6. The summed E-state index contributed by atoms with van der Waals surface area (Å²) in [5, 5.41) is 4.30. The summed E-state index contributed by atoms with van der Waals surface area (Å²) in [6.07, 6.45) is 1.42. The standard InChI is InChI=1S/C32H30N4O3/c1-4-19-11-5-9-15-24(19)35-29(38)26-23(17-18(2)3)34-32(27(26)30(35)39)21-13-7-10-16-25(21)36-28(37)20-12-6-8-14-22(20)33-31(32)36/h5-16,18,23,26-27,34H,4,17H2,1-3H3/t23-,26+,27-,32+/m1/s1. The Labute approximate surface area is 226 Å². The monoisotopic (exact) mass is 518 g/mol. The van der Waals surface area contributed by atoms with Crippen molar-refractivity contribution in [2.45, 2.75) is 45.2 Å². The molecule has 1 spiro atoms. The van der Waals surface area contributed by atoms with E-state index in [1.54, 1.807) is 10.6 Å². The van der Waals surface area contributed by atoms with E-state index >= 15 is 0 Å². The number of benzene rings is 3. The topological polar surface area (TPSA) is 84.3 Å². The first kappa shape index (κ1) is 24.0. The van der Waals surface area contributed by atoms with Crippen molar-refractivity contribution >= 4 is 28.4 Å². The first-order valence-corrected chi connectivity index (χ1v) is 13.7. The zero-order chi connectivity index (χ0) is 27.1. The van der Waals surface area contributed by atoms with Crippen LogP contribution >= 0.6 is 0 Å². The number of carbonyl (C=O) groups excluding carboxylic acids is 2. The number of anilines is 1. The Balaban J connectivity index is 1.52. The number of nitrogens with one attached hydrogen (secondary N) is 1. The van der Waals surface area contributed by atoms with E-state index in [1.807, 2.05) is 73.7 Å². The smallest absolute Gasteiger partial charge is 0.266 e. The second kappa shape index (κ2) is 8.45. The summed E-state index contributed by atoms with van der Waals surface area (Å²) < 4.78 is 1.65. The minimum atomic E-state index is -1.10. The van der Waals surface area contributed by atoms with E-state index in [9.17, 15) is 14.4 Å². The van der Waals surface area contributed by atoms with Crippen molar-refractivity contribution in [1.82, 2.24) is 14.9 Å². The summed E-state index contributed by atoms with van der Waals surface area (Å²) in [5.41, 5.74) is 2.43. The van der Waals surface area contributed by atoms with Crippen LogP contribution in [0.4, 0.5) is 5.69 Å². The van der Waals surface area contributed by atoms with Crippen LogP contribution in [0.15, 0.2) is 77.6 Å². The quantitative estimate of drug-likeness (QED) is 0.407. The lowest BCUT2D eigenvalue weighted by atomic mass is 9.75. The van der Waals surface area contributed by atoms with E-state index in [0.29, 0.717) is 46.9 Å². The molecule has 7 heteroatoms. The van der Waals surface area contributed by atoms with Crippen LogP contribution in [0.1, 0.15) is 44.1 Å². The van der Waals surface area contributed by atoms with Crippen molar-refractivity contribution in [2.24, 2.45) is 17.8 Å². The molecule has 3 aliphatic rings. The lowest BCUT2D eigenvalue weighted by Gasteiger charge is -2.32. The van der Waals surface area contributed by atoms with Gasteiger partial charge in [-0.05, 0) is 48.6 Å². The predicted molar refractivity (Wildman–Crippen MR) is 150 cm³/mol. The normalized spacial score (nSPS) is 25.1. The van der Waals surface area contributed by atoms with Crippen molar-refractivity contribution in [1.29, 1.82) is 0 Å². The first-order valence-electron chi connectivity index (χ1n) is 13.7. The van der Waals surface area contributed by atoms with Crippen molar-refractivity contribution in [3.63, 3.8) is 0 Å². The van der Waals surface area contributed by atoms with Gasteiger partial charge in [0.05, 0.1) is 34.1 Å². The van der Waals surface area contributed by atoms with Gasteiger partial charge in [-0.3, -0.25) is 24.3 Å². The molecule has 1 N–H and O–H groups in total. The van der Waals surface area contributed by atoms with Gasteiger partial charge in [0.25, 0.3) is 5.56 Å². The zero-order valence-electron chi connectivity index (χ0n) is 22.2. The molecule has 0 bridgehead atoms. The highest BCUT2D eigenvalue weighted by Crippen LogP contribution is 2.56. The number of hydrogen-bond donors (Lipinski definition) is 1. The average Bonchev–Trinajstić information content (AvgIpc) is 3.51. The number of aromatic nitrogens is 2. The highest BCUT2D eigenvalue weighted by molar-refractivity contribution is 6.23. The maximum Gasteiger partial charge on any atom is 0.266 e. The molecule has 196 valence electrons. The number of para-hydroxylation sites is 3. The van der Waals surface area contributed by atoms with Gasteiger partial charge in [-0.2, -0.15) is 0 Å². The first-order chi connectivity index (χ1) is 18.9. The fourth-order valence-electron chi connectivity index (χ4n) is 7.19. The fourth-order valence-corrected chi connectivity index (χ4v) is 7.19.